The molecule has 0 bridgehead atoms. The summed E-state index contributed by atoms with van der Waals surface area (Å²) in [6.45, 7) is 13.1. The summed E-state index contributed by atoms with van der Waals surface area (Å²) >= 11 is 0. The molecule has 1 heterocycles. The van der Waals surface area contributed by atoms with Gasteiger partial charge in [0, 0.05) is 6.04 Å². The number of nitrogens with one attached hydrogen (secondary N) is 1. The molecule has 3 nitrogen and oxygen atoms in total. The zero-order valence-corrected chi connectivity index (χ0v) is 12.9. The summed E-state index contributed by atoms with van der Waals surface area (Å²) < 4.78 is 0. The summed E-state index contributed by atoms with van der Waals surface area (Å²) in [5.41, 5.74) is 0. The van der Waals surface area contributed by atoms with Crippen LogP contribution >= 0.6 is 0 Å². The van der Waals surface area contributed by atoms with E-state index in [1.807, 2.05) is 0 Å². The molecule has 0 saturated carbocycles. The lowest BCUT2D eigenvalue weighted by Gasteiger charge is -2.36. The van der Waals surface area contributed by atoms with Crippen LogP contribution in [0.1, 0.15) is 60.8 Å². The van der Waals surface area contributed by atoms with Gasteiger partial charge in [0.2, 0.25) is 5.91 Å². The van der Waals surface area contributed by atoms with Gasteiger partial charge >= 0.3 is 0 Å². The monoisotopic (exact) mass is 254 g/mol. The summed E-state index contributed by atoms with van der Waals surface area (Å²) in [5, 5.41) is 3.54. The lowest BCUT2D eigenvalue weighted by molar-refractivity contribution is -0.134. The van der Waals surface area contributed by atoms with Crippen LogP contribution in [-0.2, 0) is 4.79 Å². The van der Waals surface area contributed by atoms with Crippen molar-refractivity contribution < 1.29 is 4.79 Å². The van der Waals surface area contributed by atoms with E-state index in [1.165, 1.54) is 0 Å². The molecule has 0 aromatic heterocycles. The highest BCUT2D eigenvalue weighted by molar-refractivity contribution is 5.84. The minimum absolute atomic E-state index is 0.0372. The minimum Gasteiger partial charge on any atom is -0.322 e. The molecule has 3 atom stereocenters. The number of nitrogens with zero attached hydrogens (tertiary/aromatic N) is 1. The Bertz CT molecular complexity index is 276. The van der Waals surface area contributed by atoms with Crippen LogP contribution in [0.25, 0.3) is 0 Å². The number of carbonyl (C=O) groups is 1. The molecule has 1 saturated heterocycles. The van der Waals surface area contributed by atoms with Crippen LogP contribution < -0.4 is 5.32 Å². The molecule has 0 aromatic rings. The van der Waals surface area contributed by atoms with Crippen molar-refractivity contribution in [3.05, 3.63) is 0 Å². The van der Waals surface area contributed by atoms with Gasteiger partial charge in [-0.05, 0) is 24.7 Å². The van der Waals surface area contributed by atoms with Gasteiger partial charge in [0.15, 0.2) is 0 Å². The standard InChI is InChI=1S/C15H30N2O/c1-7-9-12-15(18)17(13(8-2)10(3)4)14(16-12)11(5)6/h10-14,16H,7-9H2,1-6H3. The first-order valence-electron chi connectivity index (χ1n) is 7.52. The van der Waals surface area contributed by atoms with E-state index < -0.39 is 0 Å². The Hall–Kier alpha value is -0.570. The van der Waals surface area contributed by atoms with E-state index in [0.717, 1.165) is 19.3 Å². The summed E-state index contributed by atoms with van der Waals surface area (Å²) in [7, 11) is 0. The maximum absolute atomic E-state index is 12.6. The van der Waals surface area contributed by atoms with Crippen molar-refractivity contribution in [3.63, 3.8) is 0 Å². The van der Waals surface area contributed by atoms with Crippen LogP contribution in [0.15, 0.2) is 0 Å². The normalized spacial score (nSPS) is 26.4. The van der Waals surface area contributed by atoms with E-state index in [9.17, 15) is 4.79 Å². The molecule has 106 valence electrons. The molecular formula is C15H30N2O. The van der Waals surface area contributed by atoms with Gasteiger partial charge in [-0.3, -0.25) is 10.1 Å². The SMILES string of the molecule is CCCC1NC(C(C)C)N(C(CC)C(C)C)C1=O. The zero-order valence-electron chi connectivity index (χ0n) is 12.9. The Morgan fingerprint density at radius 3 is 2.22 bits per heavy atom. The first kappa shape index (κ1) is 15.5. The van der Waals surface area contributed by atoms with Crippen molar-refractivity contribution in [1.29, 1.82) is 0 Å². The Kier molecular flexibility index (Phi) is 5.64. The highest BCUT2D eigenvalue weighted by atomic mass is 16.2. The third-order valence-electron chi connectivity index (χ3n) is 3.98. The first-order chi connectivity index (χ1) is 8.43. The molecule has 1 N–H and O–H groups in total. The van der Waals surface area contributed by atoms with E-state index in [0.29, 0.717) is 23.8 Å². The fourth-order valence-electron chi connectivity index (χ4n) is 3.04. The Labute approximate surface area is 112 Å². The number of hydrogen-bond donors (Lipinski definition) is 1. The predicted octanol–water partition coefficient (Wildman–Crippen LogP) is 3.00. The highest BCUT2D eigenvalue weighted by Gasteiger charge is 2.43. The summed E-state index contributed by atoms with van der Waals surface area (Å²) in [6, 6.07) is 0.398. The van der Waals surface area contributed by atoms with Crippen molar-refractivity contribution in [3.8, 4) is 0 Å². The number of carbonyl (C=O) groups excluding carboxylic acids is 1. The minimum atomic E-state index is 0.0372. The van der Waals surface area contributed by atoms with Crippen LogP contribution in [-0.4, -0.2) is 29.1 Å². The molecule has 0 radical (unpaired) electrons. The predicted molar refractivity (Wildman–Crippen MR) is 76.2 cm³/mol. The van der Waals surface area contributed by atoms with Gasteiger partial charge in [-0.25, -0.2) is 0 Å². The van der Waals surface area contributed by atoms with E-state index in [2.05, 4.69) is 51.8 Å². The van der Waals surface area contributed by atoms with Crippen molar-refractivity contribution in [2.45, 2.75) is 79.1 Å². The number of rotatable bonds is 6. The molecule has 1 aliphatic rings. The molecule has 1 rings (SSSR count). The van der Waals surface area contributed by atoms with Crippen molar-refractivity contribution in [1.82, 2.24) is 10.2 Å². The molecule has 3 heteroatoms. The zero-order chi connectivity index (χ0) is 13.9. The maximum Gasteiger partial charge on any atom is 0.241 e. The summed E-state index contributed by atoms with van der Waals surface area (Å²) in [4.78, 5) is 14.7. The van der Waals surface area contributed by atoms with Gasteiger partial charge in [-0.2, -0.15) is 0 Å². The Morgan fingerprint density at radius 2 is 1.83 bits per heavy atom. The molecule has 1 aliphatic heterocycles. The molecular weight excluding hydrogens is 224 g/mol. The van der Waals surface area contributed by atoms with Crippen LogP contribution in [0.4, 0.5) is 0 Å². The van der Waals surface area contributed by atoms with E-state index >= 15 is 0 Å². The van der Waals surface area contributed by atoms with Gasteiger partial charge in [0.05, 0.1) is 12.2 Å². The van der Waals surface area contributed by atoms with Crippen molar-refractivity contribution >= 4 is 5.91 Å². The highest BCUT2D eigenvalue weighted by Crippen LogP contribution is 2.27. The fourth-order valence-corrected chi connectivity index (χ4v) is 3.04. The van der Waals surface area contributed by atoms with Gasteiger partial charge in [0.25, 0.3) is 0 Å². The van der Waals surface area contributed by atoms with Crippen LogP contribution in [0.3, 0.4) is 0 Å². The lowest BCUT2D eigenvalue weighted by Crippen LogP contribution is -2.49. The van der Waals surface area contributed by atoms with Crippen molar-refractivity contribution in [2.75, 3.05) is 0 Å². The van der Waals surface area contributed by atoms with Gasteiger partial charge in [0.1, 0.15) is 0 Å². The maximum atomic E-state index is 12.6. The van der Waals surface area contributed by atoms with Crippen molar-refractivity contribution in [2.24, 2.45) is 11.8 Å². The average Bonchev–Trinajstić information content (AvgIpc) is 2.59. The average molecular weight is 254 g/mol. The first-order valence-corrected chi connectivity index (χ1v) is 7.52. The van der Waals surface area contributed by atoms with Crippen LogP contribution in [0, 0.1) is 11.8 Å². The Balaban J connectivity index is 2.93. The molecule has 0 aromatic carbocycles. The lowest BCUT2D eigenvalue weighted by atomic mass is 9.97. The van der Waals surface area contributed by atoms with Gasteiger partial charge in [-0.15, -0.1) is 0 Å². The second kappa shape index (κ2) is 6.55. The topological polar surface area (TPSA) is 32.3 Å². The summed E-state index contributed by atoms with van der Waals surface area (Å²) in [5.74, 6) is 1.29. The molecule has 1 amide bonds. The summed E-state index contributed by atoms with van der Waals surface area (Å²) in [6.07, 6.45) is 3.25. The fraction of sp³-hybridized carbons (Fsp3) is 0.933. The van der Waals surface area contributed by atoms with Gasteiger partial charge < -0.3 is 4.90 Å². The van der Waals surface area contributed by atoms with Gasteiger partial charge in [-0.1, -0.05) is 48.0 Å². The molecule has 1 fully saturated rings. The largest absolute Gasteiger partial charge is 0.322 e. The molecule has 18 heavy (non-hydrogen) atoms. The van der Waals surface area contributed by atoms with Crippen LogP contribution in [0.5, 0.6) is 0 Å². The number of hydrogen-bond acceptors (Lipinski definition) is 2. The third-order valence-corrected chi connectivity index (χ3v) is 3.98. The quantitative estimate of drug-likeness (QED) is 0.790. The second-order valence-electron chi connectivity index (χ2n) is 6.16. The van der Waals surface area contributed by atoms with E-state index in [1.54, 1.807) is 0 Å². The Morgan fingerprint density at radius 1 is 1.22 bits per heavy atom. The number of amides is 1. The third kappa shape index (κ3) is 3.05. The molecule has 0 spiro atoms. The molecule has 3 unspecified atom stereocenters. The van der Waals surface area contributed by atoms with E-state index in [-0.39, 0.29) is 12.2 Å². The van der Waals surface area contributed by atoms with Crippen LogP contribution in [0.2, 0.25) is 0 Å². The van der Waals surface area contributed by atoms with E-state index in [4.69, 9.17) is 0 Å². The second-order valence-corrected chi connectivity index (χ2v) is 6.16. The smallest absolute Gasteiger partial charge is 0.241 e. The molecule has 0 aliphatic carbocycles.